The second-order valence-corrected chi connectivity index (χ2v) is 10.4. The highest BCUT2D eigenvalue weighted by Crippen LogP contribution is 2.21. The number of ether oxygens (including phenoxy) is 1. The summed E-state index contributed by atoms with van der Waals surface area (Å²) in [5.74, 6) is -0.568. The Morgan fingerprint density at radius 3 is 2.32 bits per heavy atom. The molecule has 2 aromatic rings. The molecule has 2 aromatic carbocycles. The Bertz CT molecular complexity index is 1130. The van der Waals surface area contributed by atoms with E-state index in [0.29, 0.717) is 32.0 Å². The number of anilines is 2. The summed E-state index contributed by atoms with van der Waals surface area (Å²) in [5, 5.41) is 5.67. The Labute approximate surface area is 201 Å². The molecule has 2 amide bonds. The summed E-state index contributed by atoms with van der Waals surface area (Å²) in [6.07, 6.45) is 0. The molecule has 0 aromatic heterocycles. The smallest absolute Gasteiger partial charge is 0.243 e. The summed E-state index contributed by atoms with van der Waals surface area (Å²) in [7, 11) is -1.98. The summed E-state index contributed by atoms with van der Waals surface area (Å²) in [5.41, 5.74) is 3.08. The Balaban J connectivity index is 1.61. The summed E-state index contributed by atoms with van der Waals surface area (Å²) < 4.78 is 32.4. The predicted molar refractivity (Wildman–Crippen MR) is 131 cm³/mol. The van der Waals surface area contributed by atoms with Crippen molar-refractivity contribution >= 4 is 33.2 Å². The molecule has 0 spiro atoms. The van der Waals surface area contributed by atoms with Gasteiger partial charge < -0.3 is 15.4 Å². The third kappa shape index (κ3) is 6.20. The Morgan fingerprint density at radius 2 is 1.68 bits per heavy atom. The van der Waals surface area contributed by atoms with Gasteiger partial charge in [0.1, 0.15) is 0 Å². The van der Waals surface area contributed by atoms with E-state index in [4.69, 9.17) is 4.74 Å². The number of rotatable bonds is 8. The molecule has 1 atom stereocenters. The molecule has 2 N–H and O–H groups in total. The van der Waals surface area contributed by atoms with E-state index in [2.05, 4.69) is 10.6 Å². The second-order valence-electron chi connectivity index (χ2n) is 8.44. The summed E-state index contributed by atoms with van der Waals surface area (Å²) in [6, 6.07) is 11.3. The molecular weight excluding hydrogens is 456 g/mol. The molecule has 1 fully saturated rings. The van der Waals surface area contributed by atoms with Crippen LogP contribution in [0.15, 0.2) is 47.4 Å². The number of hydrogen-bond donors (Lipinski definition) is 2. The molecule has 0 bridgehead atoms. The molecule has 0 unspecified atom stereocenters. The first-order chi connectivity index (χ1) is 16.1. The average Bonchev–Trinajstić information content (AvgIpc) is 2.81. The van der Waals surface area contributed by atoms with Crippen LogP contribution in [0, 0.1) is 13.8 Å². The van der Waals surface area contributed by atoms with E-state index in [1.54, 1.807) is 31.0 Å². The zero-order valence-corrected chi connectivity index (χ0v) is 20.8. The van der Waals surface area contributed by atoms with Crippen molar-refractivity contribution in [3.8, 4) is 0 Å². The zero-order valence-electron chi connectivity index (χ0n) is 20.0. The van der Waals surface area contributed by atoms with Gasteiger partial charge in [-0.2, -0.15) is 4.31 Å². The Morgan fingerprint density at radius 1 is 1.06 bits per heavy atom. The largest absolute Gasteiger partial charge is 0.379 e. The van der Waals surface area contributed by atoms with Crippen molar-refractivity contribution in [1.82, 2.24) is 9.21 Å². The van der Waals surface area contributed by atoms with Crippen LogP contribution >= 0.6 is 0 Å². The van der Waals surface area contributed by atoms with Gasteiger partial charge in [-0.25, -0.2) is 8.42 Å². The number of morpholine rings is 1. The molecule has 10 heteroatoms. The number of likely N-dealkylation sites (N-methyl/N-ethyl adjacent to an activating group) is 1. The molecule has 0 radical (unpaired) electrons. The average molecular weight is 489 g/mol. The lowest BCUT2D eigenvalue weighted by molar-refractivity contribution is -0.122. The fraction of sp³-hybridized carbons (Fsp3) is 0.417. The van der Waals surface area contributed by atoms with Crippen LogP contribution in [0.4, 0.5) is 11.4 Å². The molecule has 34 heavy (non-hydrogen) atoms. The molecule has 0 aliphatic carbocycles. The highest BCUT2D eigenvalue weighted by molar-refractivity contribution is 7.89. The Hall–Kier alpha value is -2.79. The maximum atomic E-state index is 12.9. The molecule has 9 nitrogen and oxygen atoms in total. The Kier molecular flexibility index (Phi) is 8.42. The number of hydrogen-bond acceptors (Lipinski definition) is 6. The number of carbonyl (C=O) groups excluding carboxylic acids is 2. The SMILES string of the molecule is Cc1cccc(C)c1NC(=O)CN(C)[C@H](C)C(=O)Nc1cccc(S(=O)(=O)N2CCOCC2)c1. The van der Waals surface area contributed by atoms with Gasteiger partial charge in [0.05, 0.1) is 30.7 Å². The van der Waals surface area contributed by atoms with Crippen molar-refractivity contribution < 1.29 is 22.7 Å². The van der Waals surface area contributed by atoms with E-state index in [0.717, 1.165) is 16.8 Å². The number of amides is 2. The molecule has 184 valence electrons. The van der Waals surface area contributed by atoms with Crippen LogP contribution in [0.2, 0.25) is 0 Å². The van der Waals surface area contributed by atoms with Crippen molar-refractivity contribution in [1.29, 1.82) is 0 Å². The minimum absolute atomic E-state index is 0.0216. The van der Waals surface area contributed by atoms with Gasteiger partial charge in [-0.3, -0.25) is 14.5 Å². The minimum Gasteiger partial charge on any atom is -0.379 e. The van der Waals surface area contributed by atoms with Gasteiger partial charge in [0, 0.05) is 24.5 Å². The number of benzene rings is 2. The van der Waals surface area contributed by atoms with Gasteiger partial charge in [0.15, 0.2) is 0 Å². The van der Waals surface area contributed by atoms with Crippen molar-refractivity contribution in [2.45, 2.75) is 31.7 Å². The highest BCUT2D eigenvalue weighted by atomic mass is 32.2. The van der Waals surface area contributed by atoms with Crippen LogP contribution in [0.1, 0.15) is 18.1 Å². The van der Waals surface area contributed by atoms with Gasteiger partial charge in [0.2, 0.25) is 21.8 Å². The van der Waals surface area contributed by atoms with Crippen molar-refractivity contribution in [2.24, 2.45) is 0 Å². The van der Waals surface area contributed by atoms with E-state index < -0.39 is 16.1 Å². The molecule has 0 saturated carbocycles. The fourth-order valence-electron chi connectivity index (χ4n) is 3.67. The maximum Gasteiger partial charge on any atom is 0.243 e. The van der Waals surface area contributed by atoms with Gasteiger partial charge >= 0.3 is 0 Å². The van der Waals surface area contributed by atoms with Gasteiger partial charge in [-0.1, -0.05) is 24.3 Å². The molecular formula is C24H32N4O5S. The van der Waals surface area contributed by atoms with Crippen LogP contribution in [-0.4, -0.2) is 75.4 Å². The van der Waals surface area contributed by atoms with Crippen LogP contribution < -0.4 is 10.6 Å². The number of sulfonamides is 1. The second kappa shape index (κ2) is 11.1. The molecule has 1 aliphatic rings. The molecule has 3 rings (SSSR count). The summed E-state index contributed by atoms with van der Waals surface area (Å²) >= 11 is 0. The fourth-order valence-corrected chi connectivity index (χ4v) is 5.13. The predicted octanol–water partition coefficient (Wildman–Crippen LogP) is 2.22. The third-order valence-electron chi connectivity index (χ3n) is 5.89. The first kappa shape index (κ1) is 25.8. The van der Waals surface area contributed by atoms with Gasteiger partial charge in [-0.05, 0) is 57.1 Å². The standard InChI is InChI=1S/C24H32N4O5S/c1-17-7-5-8-18(2)23(17)26-22(29)16-27(4)19(3)24(30)25-20-9-6-10-21(15-20)34(31,32)28-11-13-33-14-12-28/h5-10,15,19H,11-14,16H2,1-4H3,(H,25,30)(H,26,29)/t19-/m1/s1. The van der Waals surface area contributed by atoms with E-state index in [1.165, 1.54) is 16.4 Å². The van der Waals surface area contributed by atoms with Crippen LogP contribution in [-0.2, 0) is 24.3 Å². The topological polar surface area (TPSA) is 108 Å². The molecule has 1 heterocycles. The molecule has 1 aliphatic heterocycles. The van der Waals surface area contributed by atoms with Gasteiger partial charge in [-0.15, -0.1) is 0 Å². The van der Waals surface area contributed by atoms with Gasteiger partial charge in [0.25, 0.3) is 0 Å². The van der Waals surface area contributed by atoms with Crippen molar-refractivity contribution in [3.63, 3.8) is 0 Å². The first-order valence-corrected chi connectivity index (χ1v) is 12.6. The summed E-state index contributed by atoms with van der Waals surface area (Å²) in [6.45, 7) is 6.87. The van der Waals surface area contributed by atoms with Crippen LogP contribution in [0.25, 0.3) is 0 Å². The third-order valence-corrected chi connectivity index (χ3v) is 7.78. The van der Waals surface area contributed by atoms with E-state index in [9.17, 15) is 18.0 Å². The van der Waals surface area contributed by atoms with Crippen LogP contribution in [0.3, 0.4) is 0 Å². The maximum absolute atomic E-state index is 12.9. The number of para-hydroxylation sites is 1. The van der Waals surface area contributed by atoms with Crippen LogP contribution in [0.5, 0.6) is 0 Å². The zero-order chi connectivity index (χ0) is 24.9. The van der Waals surface area contributed by atoms with E-state index in [1.807, 2.05) is 32.0 Å². The number of nitrogens with zero attached hydrogens (tertiary/aromatic N) is 2. The number of aryl methyl sites for hydroxylation is 2. The lowest BCUT2D eigenvalue weighted by Crippen LogP contribution is -2.43. The molecule has 1 saturated heterocycles. The first-order valence-electron chi connectivity index (χ1n) is 11.1. The normalized spacial score (nSPS) is 15.7. The van der Waals surface area contributed by atoms with E-state index >= 15 is 0 Å². The number of nitrogens with one attached hydrogen (secondary N) is 2. The van der Waals surface area contributed by atoms with E-state index in [-0.39, 0.29) is 23.3 Å². The van der Waals surface area contributed by atoms with Crippen molar-refractivity contribution in [2.75, 3.05) is 50.5 Å². The monoisotopic (exact) mass is 488 g/mol. The lowest BCUT2D eigenvalue weighted by atomic mass is 10.1. The quantitative estimate of drug-likeness (QED) is 0.590. The summed E-state index contributed by atoms with van der Waals surface area (Å²) in [4.78, 5) is 27.1. The highest BCUT2D eigenvalue weighted by Gasteiger charge is 2.27. The number of carbonyl (C=O) groups is 2. The van der Waals surface area contributed by atoms with Crippen molar-refractivity contribution in [3.05, 3.63) is 53.6 Å². The minimum atomic E-state index is -3.67. The lowest BCUT2D eigenvalue weighted by Gasteiger charge is -2.26.